The number of nitrogens with zero attached hydrogens (tertiary/aromatic N) is 4. The molecule has 0 aliphatic carbocycles. The monoisotopic (exact) mass is 517 g/mol. The van der Waals surface area contributed by atoms with Crippen molar-refractivity contribution in [3.63, 3.8) is 0 Å². The lowest BCUT2D eigenvalue weighted by atomic mass is 10.1. The molecule has 1 N–H and O–H groups in total. The Hall–Kier alpha value is -4.38. The third kappa shape index (κ3) is 5.26. The molecule has 0 bridgehead atoms. The van der Waals surface area contributed by atoms with Gasteiger partial charge < -0.3 is 19.4 Å². The fourth-order valence-corrected chi connectivity index (χ4v) is 4.90. The molecule has 10 nitrogen and oxygen atoms in total. The first-order valence-corrected chi connectivity index (χ1v) is 12.6. The first-order chi connectivity index (χ1) is 18.0. The number of amides is 1. The van der Waals surface area contributed by atoms with Crippen LogP contribution in [0.3, 0.4) is 0 Å². The van der Waals surface area contributed by atoms with E-state index in [9.17, 15) is 14.9 Å². The van der Waals surface area contributed by atoms with Crippen molar-refractivity contribution in [2.24, 2.45) is 0 Å². The second kappa shape index (κ2) is 10.7. The molecule has 0 spiro atoms. The van der Waals surface area contributed by atoms with Crippen LogP contribution in [0.25, 0.3) is 11.4 Å². The highest BCUT2D eigenvalue weighted by Gasteiger charge is 2.21. The van der Waals surface area contributed by atoms with Crippen LogP contribution in [0.1, 0.15) is 28.4 Å². The van der Waals surface area contributed by atoms with E-state index in [2.05, 4.69) is 15.5 Å². The molecular formula is C26H23N5O5S. The lowest BCUT2D eigenvalue weighted by Gasteiger charge is -2.09. The number of benzene rings is 3. The molecule has 0 atom stereocenters. The molecule has 0 fully saturated rings. The molecule has 188 valence electrons. The minimum absolute atomic E-state index is 0.00598. The van der Waals surface area contributed by atoms with E-state index in [0.717, 1.165) is 11.1 Å². The number of hydrogen-bond donors (Lipinski definition) is 1. The van der Waals surface area contributed by atoms with Crippen LogP contribution >= 0.6 is 11.8 Å². The van der Waals surface area contributed by atoms with Gasteiger partial charge in [-0.05, 0) is 48.4 Å². The average molecular weight is 518 g/mol. The highest BCUT2D eigenvalue weighted by molar-refractivity contribution is 7.98. The van der Waals surface area contributed by atoms with Gasteiger partial charge in [0.1, 0.15) is 0 Å². The molecule has 0 unspecified atom stereocenters. The van der Waals surface area contributed by atoms with Gasteiger partial charge in [0.25, 0.3) is 11.6 Å². The van der Waals surface area contributed by atoms with Gasteiger partial charge >= 0.3 is 0 Å². The van der Waals surface area contributed by atoms with Gasteiger partial charge in [-0.3, -0.25) is 14.9 Å². The second-order valence-electron chi connectivity index (χ2n) is 8.18. The Bertz CT molecular complexity index is 1450. The zero-order valence-electron chi connectivity index (χ0n) is 19.9. The normalized spacial score (nSPS) is 11.9. The molecule has 4 aromatic rings. The van der Waals surface area contributed by atoms with E-state index in [4.69, 9.17) is 9.47 Å². The van der Waals surface area contributed by atoms with Gasteiger partial charge in [0, 0.05) is 30.5 Å². The van der Waals surface area contributed by atoms with Crippen molar-refractivity contribution < 1.29 is 19.2 Å². The van der Waals surface area contributed by atoms with Crippen molar-refractivity contribution in [2.75, 3.05) is 6.79 Å². The van der Waals surface area contributed by atoms with E-state index in [-0.39, 0.29) is 18.4 Å². The summed E-state index contributed by atoms with van der Waals surface area (Å²) >= 11 is 1.48. The van der Waals surface area contributed by atoms with E-state index in [1.807, 2.05) is 41.8 Å². The van der Waals surface area contributed by atoms with E-state index in [0.29, 0.717) is 52.4 Å². The Kier molecular flexibility index (Phi) is 7.04. The molecule has 37 heavy (non-hydrogen) atoms. The van der Waals surface area contributed by atoms with Gasteiger partial charge in [-0.1, -0.05) is 42.1 Å². The molecule has 2 heterocycles. The number of carbonyl (C=O) groups excluding carboxylic acids is 1. The van der Waals surface area contributed by atoms with Crippen LogP contribution in [-0.2, 0) is 18.8 Å². The SMILES string of the molecule is CCn1c(SCc2ccc(C(=O)NCc3ccc4c(c3)OCO4)cc2)nnc1-c1ccccc1[N+](=O)[O-]. The van der Waals surface area contributed by atoms with Gasteiger partial charge in [0.05, 0.1) is 10.5 Å². The van der Waals surface area contributed by atoms with Crippen LogP contribution < -0.4 is 14.8 Å². The number of fused-ring (bicyclic) bond motifs is 1. The van der Waals surface area contributed by atoms with Crippen LogP contribution in [0.4, 0.5) is 5.69 Å². The average Bonchev–Trinajstić information content (AvgIpc) is 3.57. The zero-order chi connectivity index (χ0) is 25.8. The van der Waals surface area contributed by atoms with Crippen molar-refractivity contribution in [3.05, 3.63) is 93.5 Å². The molecule has 1 amide bonds. The second-order valence-corrected chi connectivity index (χ2v) is 9.12. The molecule has 1 aliphatic rings. The number of para-hydroxylation sites is 1. The highest BCUT2D eigenvalue weighted by Crippen LogP contribution is 2.33. The minimum atomic E-state index is -0.413. The lowest BCUT2D eigenvalue weighted by molar-refractivity contribution is -0.384. The van der Waals surface area contributed by atoms with Crippen molar-refractivity contribution >= 4 is 23.4 Å². The van der Waals surface area contributed by atoms with Gasteiger partial charge in [0.2, 0.25) is 6.79 Å². The molecule has 3 aromatic carbocycles. The van der Waals surface area contributed by atoms with Crippen LogP contribution in [0, 0.1) is 10.1 Å². The lowest BCUT2D eigenvalue weighted by Crippen LogP contribution is -2.22. The zero-order valence-corrected chi connectivity index (χ0v) is 20.7. The highest BCUT2D eigenvalue weighted by atomic mass is 32.2. The number of rotatable bonds is 9. The number of thioether (sulfide) groups is 1. The van der Waals surface area contributed by atoms with E-state index in [1.54, 1.807) is 30.3 Å². The maximum atomic E-state index is 12.6. The Morgan fingerprint density at radius 3 is 2.59 bits per heavy atom. The van der Waals surface area contributed by atoms with Gasteiger partial charge in [-0.25, -0.2) is 0 Å². The fraction of sp³-hybridized carbons (Fsp3) is 0.192. The third-order valence-electron chi connectivity index (χ3n) is 5.85. The fourth-order valence-electron chi connectivity index (χ4n) is 3.94. The van der Waals surface area contributed by atoms with E-state index in [1.165, 1.54) is 17.8 Å². The van der Waals surface area contributed by atoms with Crippen molar-refractivity contribution in [3.8, 4) is 22.9 Å². The molecule has 0 saturated heterocycles. The first kappa shape index (κ1) is 24.3. The number of aromatic nitrogens is 3. The standard InChI is InChI=1S/C26H23N5O5S/c1-2-30-24(20-5-3-4-6-21(20)31(33)34)28-29-26(30)37-15-17-7-10-19(11-8-17)25(32)27-14-18-9-12-22-23(13-18)36-16-35-22/h3-13H,2,14-16H2,1H3,(H,27,32). The number of carbonyl (C=O) groups is 1. The van der Waals surface area contributed by atoms with Gasteiger partial charge in [0.15, 0.2) is 22.5 Å². The molecule has 5 rings (SSSR count). The third-order valence-corrected chi connectivity index (χ3v) is 6.89. The summed E-state index contributed by atoms with van der Waals surface area (Å²) < 4.78 is 12.6. The number of nitro groups is 1. The molecule has 0 radical (unpaired) electrons. The molecule has 1 aromatic heterocycles. The Labute approximate surface area is 216 Å². The maximum Gasteiger partial charge on any atom is 0.280 e. The van der Waals surface area contributed by atoms with Crippen molar-refractivity contribution in [1.29, 1.82) is 0 Å². The quantitative estimate of drug-likeness (QED) is 0.190. The summed E-state index contributed by atoms with van der Waals surface area (Å²) in [6.07, 6.45) is 0. The number of ether oxygens (including phenoxy) is 2. The predicted octanol–water partition coefficient (Wildman–Crippen LogP) is 4.82. The summed E-state index contributed by atoms with van der Waals surface area (Å²) in [7, 11) is 0. The maximum absolute atomic E-state index is 12.6. The Balaban J connectivity index is 1.21. The summed E-state index contributed by atoms with van der Waals surface area (Å²) in [6.45, 7) is 3.10. The van der Waals surface area contributed by atoms with Crippen molar-refractivity contribution in [2.45, 2.75) is 30.9 Å². The number of nitro benzene ring substituents is 1. The number of hydrogen-bond acceptors (Lipinski definition) is 8. The molecule has 0 saturated carbocycles. The summed E-state index contributed by atoms with van der Waals surface area (Å²) in [5.41, 5.74) is 2.92. The molecular weight excluding hydrogens is 494 g/mol. The van der Waals surface area contributed by atoms with Crippen LogP contribution in [0.15, 0.2) is 71.9 Å². The van der Waals surface area contributed by atoms with Crippen LogP contribution in [-0.4, -0.2) is 32.4 Å². The first-order valence-electron chi connectivity index (χ1n) is 11.6. The smallest absolute Gasteiger partial charge is 0.280 e. The van der Waals surface area contributed by atoms with Gasteiger partial charge in [-0.15, -0.1) is 10.2 Å². The summed E-state index contributed by atoms with van der Waals surface area (Å²) in [6, 6.07) is 19.5. The topological polar surface area (TPSA) is 121 Å². The van der Waals surface area contributed by atoms with Crippen molar-refractivity contribution in [1.82, 2.24) is 20.1 Å². The predicted molar refractivity (Wildman–Crippen MR) is 138 cm³/mol. The Morgan fingerprint density at radius 2 is 1.81 bits per heavy atom. The molecule has 1 aliphatic heterocycles. The Morgan fingerprint density at radius 1 is 1.05 bits per heavy atom. The van der Waals surface area contributed by atoms with E-state index >= 15 is 0 Å². The van der Waals surface area contributed by atoms with Gasteiger partial charge in [-0.2, -0.15) is 0 Å². The number of nitrogens with one attached hydrogen (secondary N) is 1. The van der Waals surface area contributed by atoms with Crippen LogP contribution in [0.2, 0.25) is 0 Å². The summed E-state index contributed by atoms with van der Waals surface area (Å²) in [5.74, 6) is 2.29. The minimum Gasteiger partial charge on any atom is -0.454 e. The van der Waals surface area contributed by atoms with E-state index < -0.39 is 4.92 Å². The summed E-state index contributed by atoms with van der Waals surface area (Å²) in [4.78, 5) is 23.6. The largest absolute Gasteiger partial charge is 0.454 e. The van der Waals surface area contributed by atoms with Crippen LogP contribution in [0.5, 0.6) is 11.5 Å². The molecule has 11 heteroatoms. The summed E-state index contributed by atoms with van der Waals surface area (Å²) in [5, 5.41) is 23.5.